The molecule has 2 heterocycles. The molecule has 39 heavy (non-hydrogen) atoms. The number of benzene rings is 3. The van der Waals surface area contributed by atoms with Gasteiger partial charge >= 0.3 is 0 Å². The Morgan fingerprint density at radius 3 is 2.51 bits per heavy atom. The van der Waals surface area contributed by atoms with Crippen molar-refractivity contribution in [2.75, 3.05) is 13.1 Å². The molecule has 5 rings (SSSR count). The smallest absolute Gasteiger partial charge is 0.251 e. The molecule has 0 radical (unpaired) electrons. The number of rotatable bonds is 8. The maximum atomic E-state index is 13.5. The molecule has 4 aromatic rings. The molecule has 3 aromatic carbocycles. The van der Waals surface area contributed by atoms with Gasteiger partial charge in [0.2, 0.25) is 0 Å². The third kappa shape index (κ3) is 6.86. The first-order valence-electron chi connectivity index (χ1n) is 13.2. The van der Waals surface area contributed by atoms with Crippen molar-refractivity contribution < 1.29 is 19.7 Å². The number of hydrogen-bond acceptors (Lipinski definition) is 4. The van der Waals surface area contributed by atoms with E-state index in [-0.39, 0.29) is 13.9 Å². The second-order valence-corrected chi connectivity index (χ2v) is 9.91. The fourth-order valence-corrected chi connectivity index (χ4v) is 4.93. The monoisotopic (exact) mass is 529 g/mol. The summed E-state index contributed by atoms with van der Waals surface area (Å²) in [6.45, 7) is 5.03. The van der Waals surface area contributed by atoms with Gasteiger partial charge in [0.15, 0.2) is 0 Å². The molecule has 1 fully saturated rings. The summed E-state index contributed by atoms with van der Waals surface area (Å²) in [5.41, 5.74) is 4.51. The van der Waals surface area contributed by atoms with Crippen molar-refractivity contribution in [1.29, 1.82) is 0 Å². The molecule has 1 aromatic heterocycles. The summed E-state index contributed by atoms with van der Waals surface area (Å²) in [4.78, 5) is 19.9. The lowest BCUT2D eigenvalue weighted by Crippen LogP contribution is -2.29. The van der Waals surface area contributed by atoms with Gasteiger partial charge in [-0.15, -0.1) is 0 Å². The van der Waals surface area contributed by atoms with E-state index in [2.05, 4.69) is 33.4 Å². The first-order chi connectivity index (χ1) is 18.9. The van der Waals surface area contributed by atoms with Crippen molar-refractivity contribution in [3.8, 4) is 22.8 Å². The van der Waals surface area contributed by atoms with Gasteiger partial charge in [-0.25, -0.2) is 8.78 Å². The number of hydrogen-bond donors (Lipinski definition) is 1. The summed E-state index contributed by atoms with van der Waals surface area (Å²) < 4.78 is 33.1. The Kier molecular flexibility index (Phi) is 8.27. The van der Waals surface area contributed by atoms with E-state index in [1.165, 1.54) is 37.0 Å². The minimum atomic E-state index is -0.684. The second-order valence-electron chi connectivity index (χ2n) is 9.91. The van der Waals surface area contributed by atoms with Gasteiger partial charge < -0.3 is 10.1 Å². The molecular weight excluding hydrogens is 496 g/mol. The average Bonchev–Trinajstić information content (AvgIpc) is 2.93. The second kappa shape index (κ2) is 12.2. The molecule has 202 valence electrons. The number of pyridine rings is 1. The lowest BCUT2D eigenvalue weighted by Gasteiger charge is -2.26. The molecule has 1 N–H and O–H groups in total. The number of carbonyl (C=O) groups excluding carboxylic acids is 1. The van der Waals surface area contributed by atoms with Gasteiger partial charge in [0, 0.05) is 49.5 Å². The highest BCUT2D eigenvalue weighted by Gasteiger charge is 2.15. The molecule has 1 aliphatic rings. The van der Waals surface area contributed by atoms with Crippen LogP contribution in [0.25, 0.3) is 11.3 Å². The fourth-order valence-electron chi connectivity index (χ4n) is 4.93. The Morgan fingerprint density at radius 2 is 1.72 bits per heavy atom. The molecule has 0 atom stereocenters. The van der Waals surface area contributed by atoms with E-state index in [0.29, 0.717) is 28.2 Å². The van der Waals surface area contributed by atoms with Crippen LogP contribution in [0.1, 0.15) is 47.7 Å². The zero-order valence-corrected chi connectivity index (χ0v) is 21.9. The van der Waals surface area contributed by atoms with Gasteiger partial charge in [0.1, 0.15) is 23.1 Å². The zero-order valence-electron chi connectivity index (χ0n) is 21.9. The van der Waals surface area contributed by atoms with Gasteiger partial charge in [-0.3, -0.25) is 14.7 Å². The summed E-state index contributed by atoms with van der Waals surface area (Å²) in [5, 5.41) is 2.73. The van der Waals surface area contributed by atoms with Gasteiger partial charge in [0.05, 0.1) is 5.69 Å². The third-order valence-corrected chi connectivity index (χ3v) is 6.94. The van der Waals surface area contributed by atoms with Crippen LogP contribution in [0.4, 0.5) is 8.78 Å². The molecule has 0 bridgehead atoms. The number of nitrogens with zero attached hydrogens (tertiary/aromatic N) is 2. The van der Waals surface area contributed by atoms with Crippen molar-refractivity contribution in [2.24, 2.45) is 0 Å². The molecule has 1 saturated heterocycles. The number of amides is 1. The number of aromatic nitrogens is 1. The Balaban J connectivity index is 0.00000370. The summed E-state index contributed by atoms with van der Waals surface area (Å²) in [6, 6.07) is 20.5. The molecule has 0 aliphatic carbocycles. The van der Waals surface area contributed by atoms with Gasteiger partial charge in [0.25, 0.3) is 5.91 Å². The van der Waals surface area contributed by atoms with E-state index in [1.54, 1.807) is 37.4 Å². The number of halogens is 2. The third-order valence-electron chi connectivity index (χ3n) is 6.94. The highest BCUT2D eigenvalue weighted by molar-refractivity contribution is 5.96. The minimum absolute atomic E-state index is 0. The predicted molar refractivity (Wildman–Crippen MR) is 150 cm³/mol. The maximum absolute atomic E-state index is 13.5. The quantitative estimate of drug-likeness (QED) is 0.260. The molecule has 1 aliphatic heterocycles. The van der Waals surface area contributed by atoms with Crippen molar-refractivity contribution in [3.05, 3.63) is 113 Å². The molecule has 7 heteroatoms. The standard InChI is InChI=1S/C32H31F2N3O2.H2/c1-22-29(32(38)36-20-24-16-26(33)18-27(34)17-24)9-6-10-31(22)39-28-11-12-35-30(19-28)25-8-5-7-23(15-25)21-37-13-3-2-4-14-37;/h5-12,15-19H,2-4,13-14,20-21H2,1H3,(H,36,38);1H. The molecule has 5 nitrogen and oxygen atoms in total. The van der Waals surface area contributed by atoms with Gasteiger partial charge in [-0.1, -0.05) is 30.7 Å². The van der Waals surface area contributed by atoms with Crippen LogP contribution in [0.5, 0.6) is 11.5 Å². The van der Waals surface area contributed by atoms with E-state index in [9.17, 15) is 13.6 Å². The van der Waals surface area contributed by atoms with Crippen LogP contribution in [0, 0.1) is 18.6 Å². The zero-order chi connectivity index (χ0) is 27.2. The summed E-state index contributed by atoms with van der Waals surface area (Å²) in [5.74, 6) is -0.580. The first kappa shape index (κ1) is 26.5. The molecule has 0 saturated carbocycles. The Morgan fingerprint density at radius 1 is 0.949 bits per heavy atom. The van der Waals surface area contributed by atoms with E-state index in [0.717, 1.165) is 37.0 Å². The van der Waals surface area contributed by atoms with Crippen LogP contribution < -0.4 is 10.1 Å². The van der Waals surface area contributed by atoms with Crippen molar-refractivity contribution in [3.63, 3.8) is 0 Å². The highest BCUT2D eigenvalue weighted by atomic mass is 19.1. The van der Waals surface area contributed by atoms with Gasteiger partial charge in [-0.2, -0.15) is 0 Å². The minimum Gasteiger partial charge on any atom is -0.457 e. The number of nitrogens with one attached hydrogen (secondary N) is 1. The number of ether oxygens (including phenoxy) is 1. The Labute approximate surface area is 229 Å². The van der Waals surface area contributed by atoms with E-state index >= 15 is 0 Å². The topological polar surface area (TPSA) is 54.5 Å². The summed E-state index contributed by atoms with van der Waals surface area (Å²) in [7, 11) is 0. The van der Waals surface area contributed by atoms with Crippen LogP contribution in [0.2, 0.25) is 0 Å². The summed E-state index contributed by atoms with van der Waals surface area (Å²) >= 11 is 0. The molecular formula is C32H33F2N3O2. The Hall–Kier alpha value is -4.10. The lowest BCUT2D eigenvalue weighted by atomic mass is 10.1. The van der Waals surface area contributed by atoms with Crippen molar-refractivity contribution in [1.82, 2.24) is 15.2 Å². The van der Waals surface area contributed by atoms with Crippen LogP contribution in [-0.2, 0) is 13.1 Å². The highest BCUT2D eigenvalue weighted by Crippen LogP contribution is 2.30. The average molecular weight is 530 g/mol. The largest absolute Gasteiger partial charge is 0.457 e. The lowest BCUT2D eigenvalue weighted by molar-refractivity contribution is 0.0949. The van der Waals surface area contributed by atoms with Gasteiger partial charge in [-0.05, 0) is 80.4 Å². The molecule has 0 spiro atoms. The van der Waals surface area contributed by atoms with Crippen LogP contribution in [0.3, 0.4) is 0 Å². The van der Waals surface area contributed by atoms with Crippen LogP contribution in [0.15, 0.2) is 79.0 Å². The van der Waals surface area contributed by atoms with Crippen molar-refractivity contribution >= 4 is 5.91 Å². The SMILES string of the molecule is Cc1c(Oc2ccnc(-c3cccc(CN4CCCCC4)c3)c2)cccc1C(=O)NCc1cc(F)cc(F)c1.[HH]. The first-order valence-corrected chi connectivity index (χ1v) is 13.2. The van der Waals surface area contributed by atoms with E-state index in [1.807, 2.05) is 12.1 Å². The van der Waals surface area contributed by atoms with E-state index < -0.39 is 11.6 Å². The van der Waals surface area contributed by atoms with E-state index in [4.69, 9.17) is 4.74 Å². The molecule has 1 amide bonds. The van der Waals surface area contributed by atoms with Crippen LogP contribution in [-0.4, -0.2) is 28.9 Å². The molecule has 0 unspecified atom stereocenters. The number of carbonyl (C=O) groups is 1. The Bertz CT molecular complexity index is 1450. The fraction of sp³-hybridized carbons (Fsp3) is 0.250. The maximum Gasteiger partial charge on any atom is 0.251 e. The van der Waals surface area contributed by atoms with Crippen molar-refractivity contribution in [2.45, 2.75) is 39.3 Å². The number of piperidine rings is 1. The predicted octanol–water partition coefficient (Wildman–Crippen LogP) is 7.29. The summed E-state index contributed by atoms with van der Waals surface area (Å²) in [6.07, 6.45) is 5.55. The normalized spacial score (nSPS) is 13.7. The van der Waals surface area contributed by atoms with Crippen LogP contribution >= 0.6 is 0 Å². The number of likely N-dealkylation sites (tertiary alicyclic amines) is 1.